The summed E-state index contributed by atoms with van der Waals surface area (Å²) >= 11 is 0. The van der Waals surface area contributed by atoms with Crippen molar-refractivity contribution in [2.24, 2.45) is 0 Å². The molecule has 0 heterocycles. The molecular weight excluding hydrogens is 282 g/mol. The third-order valence-electron chi connectivity index (χ3n) is 2.90. The first-order valence-electron chi connectivity index (χ1n) is 6.33. The summed E-state index contributed by atoms with van der Waals surface area (Å²) in [7, 11) is -3.66. The standard InChI is InChI=1S/C13H19NO5S/c1-2-11(9-15)14-20(18,19)12-6-3-10(4-7-12)5-8-13(16)17/h3-4,6-7,11,14-15H,2,5,8-9H2,1H3,(H,16,17). The SMILES string of the molecule is CCC(CO)NS(=O)(=O)c1ccc(CCC(=O)O)cc1. The Bertz CT molecular complexity index is 534. The molecule has 1 aromatic carbocycles. The second kappa shape index (κ2) is 7.37. The largest absolute Gasteiger partial charge is 0.481 e. The highest BCUT2D eigenvalue weighted by Crippen LogP contribution is 2.12. The van der Waals surface area contributed by atoms with Crippen molar-refractivity contribution < 1.29 is 23.4 Å². The Morgan fingerprint density at radius 1 is 1.30 bits per heavy atom. The number of aryl methyl sites for hydroxylation is 1. The zero-order valence-electron chi connectivity index (χ0n) is 11.2. The number of nitrogens with one attached hydrogen (secondary N) is 1. The molecule has 0 aliphatic carbocycles. The monoisotopic (exact) mass is 301 g/mol. The van der Waals surface area contributed by atoms with E-state index in [0.29, 0.717) is 12.8 Å². The summed E-state index contributed by atoms with van der Waals surface area (Å²) < 4.78 is 26.4. The molecule has 0 bridgehead atoms. The normalized spacial score (nSPS) is 13.1. The molecule has 1 unspecified atom stereocenters. The second-order valence-corrected chi connectivity index (χ2v) is 6.16. The van der Waals surface area contributed by atoms with Crippen molar-refractivity contribution >= 4 is 16.0 Å². The molecule has 3 N–H and O–H groups in total. The lowest BCUT2D eigenvalue weighted by molar-refractivity contribution is -0.136. The lowest BCUT2D eigenvalue weighted by atomic mass is 10.1. The number of carbonyl (C=O) groups is 1. The molecule has 0 aliphatic heterocycles. The van der Waals surface area contributed by atoms with Crippen LogP contribution in [-0.2, 0) is 21.2 Å². The van der Waals surface area contributed by atoms with Gasteiger partial charge in [-0.3, -0.25) is 4.79 Å². The van der Waals surface area contributed by atoms with Gasteiger partial charge in [-0.2, -0.15) is 0 Å². The van der Waals surface area contributed by atoms with E-state index in [0.717, 1.165) is 5.56 Å². The fourth-order valence-corrected chi connectivity index (χ4v) is 2.93. The fraction of sp³-hybridized carbons (Fsp3) is 0.462. The van der Waals surface area contributed by atoms with Gasteiger partial charge in [0, 0.05) is 12.5 Å². The number of sulfonamides is 1. The van der Waals surface area contributed by atoms with Crippen molar-refractivity contribution in [2.45, 2.75) is 37.1 Å². The minimum absolute atomic E-state index is 0.00671. The third-order valence-corrected chi connectivity index (χ3v) is 4.43. The summed E-state index contributed by atoms with van der Waals surface area (Å²) in [5, 5.41) is 17.6. The van der Waals surface area contributed by atoms with Gasteiger partial charge in [0.2, 0.25) is 10.0 Å². The van der Waals surface area contributed by atoms with Gasteiger partial charge in [0.05, 0.1) is 11.5 Å². The Morgan fingerprint density at radius 2 is 1.90 bits per heavy atom. The Kier molecular flexibility index (Phi) is 6.12. The van der Waals surface area contributed by atoms with E-state index in [-0.39, 0.29) is 17.9 Å². The highest BCUT2D eigenvalue weighted by Gasteiger charge is 2.18. The lowest BCUT2D eigenvalue weighted by Crippen LogP contribution is -2.36. The first kappa shape index (κ1) is 16.6. The smallest absolute Gasteiger partial charge is 0.303 e. The van der Waals surface area contributed by atoms with Crippen LogP contribution in [0.3, 0.4) is 0 Å². The molecule has 1 rings (SSSR count). The Labute approximate surface area is 118 Å². The van der Waals surface area contributed by atoms with Gasteiger partial charge in [-0.05, 0) is 30.5 Å². The molecule has 0 saturated heterocycles. The quantitative estimate of drug-likeness (QED) is 0.657. The summed E-state index contributed by atoms with van der Waals surface area (Å²) in [6.07, 6.45) is 0.858. The van der Waals surface area contributed by atoms with E-state index in [2.05, 4.69) is 4.72 Å². The van der Waals surface area contributed by atoms with E-state index < -0.39 is 22.0 Å². The van der Waals surface area contributed by atoms with Crippen LogP contribution in [0, 0.1) is 0 Å². The maximum atomic E-state index is 12.0. The summed E-state index contributed by atoms with van der Waals surface area (Å²) in [6, 6.07) is 5.55. The van der Waals surface area contributed by atoms with Crippen LogP contribution in [0.1, 0.15) is 25.3 Å². The van der Waals surface area contributed by atoms with Crippen LogP contribution in [0.5, 0.6) is 0 Å². The zero-order valence-corrected chi connectivity index (χ0v) is 12.1. The van der Waals surface area contributed by atoms with Crippen molar-refractivity contribution in [1.82, 2.24) is 4.72 Å². The molecule has 1 aromatic rings. The molecule has 0 saturated carbocycles. The maximum absolute atomic E-state index is 12.0. The maximum Gasteiger partial charge on any atom is 0.303 e. The molecular formula is C13H19NO5S. The van der Waals surface area contributed by atoms with Gasteiger partial charge in [0.15, 0.2) is 0 Å². The molecule has 112 valence electrons. The topological polar surface area (TPSA) is 104 Å². The van der Waals surface area contributed by atoms with Crippen LogP contribution in [0.15, 0.2) is 29.2 Å². The van der Waals surface area contributed by atoms with Crippen molar-refractivity contribution in [3.05, 3.63) is 29.8 Å². The van der Waals surface area contributed by atoms with E-state index in [9.17, 15) is 13.2 Å². The van der Waals surface area contributed by atoms with E-state index in [4.69, 9.17) is 10.2 Å². The highest BCUT2D eigenvalue weighted by atomic mass is 32.2. The fourth-order valence-electron chi connectivity index (χ4n) is 1.62. The summed E-state index contributed by atoms with van der Waals surface area (Å²) in [4.78, 5) is 10.6. The van der Waals surface area contributed by atoms with Crippen molar-refractivity contribution in [3.63, 3.8) is 0 Å². The van der Waals surface area contributed by atoms with Crippen LogP contribution in [0.25, 0.3) is 0 Å². The predicted molar refractivity (Wildman–Crippen MR) is 73.9 cm³/mol. The number of hydrogen-bond donors (Lipinski definition) is 3. The molecule has 0 aromatic heterocycles. The Balaban J connectivity index is 2.78. The van der Waals surface area contributed by atoms with E-state index >= 15 is 0 Å². The average Bonchev–Trinajstić information content (AvgIpc) is 2.43. The zero-order chi connectivity index (χ0) is 15.2. The van der Waals surface area contributed by atoms with Crippen LogP contribution in [-0.4, -0.2) is 37.2 Å². The number of aliphatic carboxylic acids is 1. The lowest BCUT2D eigenvalue weighted by Gasteiger charge is -2.14. The van der Waals surface area contributed by atoms with Gasteiger partial charge < -0.3 is 10.2 Å². The van der Waals surface area contributed by atoms with Gasteiger partial charge >= 0.3 is 5.97 Å². The Morgan fingerprint density at radius 3 is 2.35 bits per heavy atom. The van der Waals surface area contributed by atoms with Crippen LogP contribution in [0.2, 0.25) is 0 Å². The molecule has 0 radical (unpaired) electrons. The van der Waals surface area contributed by atoms with Crippen LogP contribution in [0.4, 0.5) is 0 Å². The minimum Gasteiger partial charge on any atom is -0.481 e. The molecule has 6 nitrogen and oxygen atoms in total. The minimum atomic E-state index is -3.66. The van der Waals surface area contributed by atoms with E-state index in [1.165, 1.54) is 12.1 Å². The summed E-state index contributed by atoms with van der Waals surface area (Å²) in [5.41, 5.74) is 0.764. The number of carboxylic acids is 1. The number of hydrogen-bond acceptors (Lipinski definition) is 4. The number of aliphatic hydroxyl groups excluding tert-OH is 1. The first-order valence-corrected chi connectivity index (χ1v) is 7.81. The molecule has 0 spiro atoms. The van der Waals surface area contributed by atoms with Gasteiger partial charge in [-0.25, -0.2) is 13.1 Å². The summed E-state index contributed by atoms with van der Waals surface area (Å²) in [5.74, 6) is -0.892. The number of rotatable bonds is 8. The third kappa shape index (κ3) is 4.92. The molecule has 0 aliphatic rings. The Hall–Kier alpha value is -1.44. The van der Waals surface area contributed by atoms with E-state index in [1.54, 1.807) is 19.1 Å². The molecule has 20 heavy (non-hydrogen) atoms. The van der Waals surface area contributed by atoms with Crippen molar-refractivity contribution in [3.8, 4) is 0 Å². The van der Waals surface area contributed by atoms with E-state index in [1.807, 2.05) is 0 Å². The van der Waals surface area contributed by atoms with Gasteiger partial charge in [-0.15, -0.1) is 0 Å². The summed E-state index contributed by atoms with van der Waals surface area (Å²) in [6.45, 7) is 1.52. The van der Waals surface area contributed by atoms with Gasteiger partial charge in [0.1, 0.15) is 0 Å². The van der Waals surface area contributed by atoms with Gasteiger partial charge in [0.25, 0.3) is 0 Å². The average molecular weight is 301 g/mol. The number of carboxylic acid groups (broad SMARTS) is 1. The van der Waals surface area contributed by atoms with Crippen LogP contribution >= 0.6 is 0 Å². The predicted octanol–water partition coefficient (Wildman–Crippen LogP) is 0.753. The molecule has 1 atom stereocenters. The molecule has 7 heteroatoms. The van der Waals surface area contributed by atoms with Crippen molar-refractivity contribution in [1.29, 1.82) is 0 Å². The highest BCUT2D eigenvalue weighted by molar-refractivity contribution is 7.89. The number of aliphatic hydroxyl groups is 1. The molecule has 0 amide bonds. The second-order valence-electron chi connectivity index (χ2n) is 4.45. The van der Waals surface area contributed by atoms with Gasteiger partial charge in [-0.1, -0.05) is 19.1 Å². The number of benzene rings is 1. The molecule has 0 fully saturated rings. The van der Waals surface area contributed by atoms with Crippen molar-refractivity contribution in [2.75, 3.05) is 6.61 Å². The van der Waals surface area contributed by atoms with Crippen LogP contribution < -0.4 is 4.72 Å². The first-order chi connectivity index (χ1) is 9.39.